The summed E-state index contributed by atoms with van der Waals surface area (Å²) in [4.78, 5) is 22.5. The number of benzene rings is 2. The molecule has 42 heavy (non-hydrogen) atoms. The molecular formula is C31H39Cl2N5O4. The topological polar surface area (TPSA) is 104 Å². The van der Waals surface area contributed by atoms with Gasteiger partial charge < -0.3 is 40.0 Å². The highest BCUT2D eigenvalue weighted by molar-refractivity contribution is 6.42. The summed E-state index contributed by atoms with van der Waals surface area (Å²) in [6.07, 6.45) is 3.93. The van der Waals surface area contributed by atoms with E-state index in [-0.39, 0.29) is 6.03 Å². The molecule has 9 nitrogen and oxygen atoms in total. The van der Waals surface area contributed by atoms with Crippen molar-refractivity contribution < 1.29 is 19.7 Å². The molecule has 0 saturated carbocycles. The number of H-pyrrole nitrogens is 1. The molecular weight excluding hydrogens is 577 g/mol. The fourth-order valence-corrected chi connectivity index (χ4v) is 6.83. The van der Waals surface area contributed by atoms with Gasteiger partial charge in [0.1, 0.15) is 0 Å². The molecule has 1 atom stereocenters. The summed E-state index contributed by atoms with van der Waals surface area (Å²) >= 11 is 12.0. The van der Waals surface area contributed by atoms with Crippen molar-refractivity contribution in [3.05, 3.63) is 58.2 Å². The van der Waals surface area contributed by atoms with Gasteiger partial charge in [-0.15, -0.1) is 0 Å². The summed E-state index contributed by atoms with van der Waals surface area (Å²) in [7, 11) is 0. The number of morpholine rings is 1. The second-order valence-electron chi connectivity index (χ2n) is 11.8. The number of hydrogen-bond donors (Lipinski definition) is 4. The predicted octanol–water partition coefficient (Wildman–Crippen LogP) is 4.91. The Morgan fingerprint density at radius 2 is 1.76 bits per heavy atom. The molecule has 3 aliphatic rings. The lowest BCUT2D eigenvalue weighted by Crippen LogP contribution is -2.56. The second-order valence-corrected chi connectivity index (χ2v) is 12.6. The monoisotopic (exact) mass is 615 g/mol. The molecule has 0 bridgehead atoms. The van der Waals surface area contributed by atoms with Gasteiger partial charge in [-0.05, 0) is 86.7 Å². The lowest BCUT2D eigenvalue weighted by atomic mass is 9.84. The third-order valence-electron chi connectivity index (χ3n) is 9.24. The van der Waals surface area contributed by atoms with Gasteiger partial charge in [0.25, 0.3) is 0 Å². The van der Waals surface area contributed by atoms with Crippen LogP contribution in [0.15, 0.2) is 42.6 Å². The van der Waals surface area contributed by atoms with Crippen LogP contribution in [0, 0.1) is 0 Å². The first-order valence-electron chi connectivity index (χ1n) is 14.9. The Kier molecular flexibility index (Phi) is 8.86. The maximum Gasteiger partial charge on any atom is 0.321 e. The Labute approximate surface area is 256 Å². The van der Waals surface area contributed by atoms with Crippen LogP contribution in [0.5, 0.6) is 0 Å². The largest absolute Gasteiger partial charge is 0.389 e. The van der Waals surface area contributed by atoms with E-state index in [1.807, 2.05) is 0 Å². The van der Waals surface area contributed by atoms with Gasteiger partial charge in [-0.2, -0.15) is 0 Å². The Balaban J connectivity index is 0.998. The van der Waals surface area contributed by atoms with E-state index in [2.05, 4.69) is 44.5 Å². The average Bonchev–Trinajstić information content (AvgIpc) is 3.43. The molecule has 6 rings (SSSR count). The highest BCUT2D eigenvalue weighted by Crippen LogP contribution is 2.36. The number of β-amino-alcohol motifs (C(OH)–C–C–N with tert-alkyl or cyclic N) is 1. The van der Waals surface area contributed by atoms with Gasteiger partial charge in [0.2, 0.25) is 0 Å². The first-order valence-corrected chi connectivity index (χ1v) is 15.6. The molecule has 1 unspecified atom stereocenters. The minimum absolute atomic E-state index is 0.263. The lowest BCUT2D eigenvalue weighted by Gasteiger charge is -2.43. The smallest absolute Gasteiger partial charge is 0.321 e. The summed E-state index contributed by atoms with van der Waals surface area (Å²) in [5, 5.41) is 27.3. The highest BCUT2D eigenvalue weighted by atomic mass is 35.5. The predicted molar refractivity (Wildman–Crippen MR) is 167 cm³/mol. The van der Waals surface area contributed by atoms with Crippen LogP contribution in [-0.4, -0.2) is 102 Å². The summed E-state index contributed by atoms with van der Waals surface area (Å²) in [6, 6.07) is 11.4. The molecule has 1 aromatic heterocycles. The number of rotatable bonds is 6. The first-order chi connectivity index (χ1) is 20.3. The number of ether oxygens (including phenoxy) is 1. The normalized spacial score (nSPS) is 21.0. The highest BCUT2D eigenvalue weighted by Gasteiger charge is 2.41. The molecule has 4 heterocycles. The maximum atomic E-state index is 12.7. The van der Waals surface area contributed by atoms with Crippen molar-refractivity contribution in [1.29, 1.82) is 0 Å². The quantitative estimate of drug-likeness (QED) is 0.314. The van der Waals surface area contributed by atoms with Gasteiger partial charge in [-0.25, -0.2) is 4.79 Å². The van der Waals surface area contributed by atoms with Gasteiger partial charge in [0, 0.05) is 61.2 Å². The fourth-order valence-electron chi connectivity index (χ4n) is 6.53. The van der Waals surface area contributed by atoms with E-state index >= 15 is 0 Å². The van der Waals surface area contributed by atoms with Crippen molar-refractivity contribution in [2.45, 2.75) is 43.3 Å². The van der Waals surface area contributed by atoms with Gasteiger partial charge >= 0.3 is 6.03 Å². The number of hydrogen-bond acceptors (Lipinski definition) is 6. The molecule has 0 aliphatic carbocycles. The van der Waals surface area contributed by atoms with E-state index in [1.165, 1.54) is 22.2 Å². The van der Waals surface area contributed by atoms with E-state index < -0.39 is 11.7 Å². The van der Waals surface area contributed by atoms with E-state index in [0.29, 0.717) is 54.1 Å². The Bertz CT molecular complexity index is 1400. The van der Waals surface area contributed by atoms with Crippen molar-refractivity contribution in [2.24, 2.45) is 0 Å². The van der Waals surface area contributed by atoms with E-state index in [0.717, 1.165) is 52.2 Å². The number of aliphatic hydroxyl groups is 2. The number of anilines is 2. The van der Waals surface area contributed by atoms with E-state index in [4.69, 9.17) is 27.9 Å². The number of nitrogens with zero attached hydrogens (tertiary/aromatic N) is 3. The Morgan fingerprint density at radius 1 is 1.02 bits per heavy atom. The number of piperidine rings is 2. The number of aromatic nitrogens is 1. The molecule has 3 aliphatic heterocycles. The van der Waals surface area contributed by atoms with Crippen LogP contribution < -0.4 is 10.2 Å². The van der Waals surface area contributed by atoms with Crippen molar-refractivity contribution in [3.63, 3.8) is 0 Å². The standard InChI is InChI=1S/C31H39Cl2N5O4/c32-26-3-1-22(17-27(26)33)35-30(40)38-11-7-31(41,8-12-38)29(39)20-36-9-5-21(6-10-36)25-19-34-28-4-2-23(18-24(25)28)37-13-15-42-16-14-37/h1-4,17-19,21,29,34,39,41H,5-16,20H2,(H,35,40). The Morgan fingerprint density at radius 3 is 2.48 bits per heavy atom. The number of nitrogens with one attached hydrogen (secondary N) is 2. The number of urea groups is 1. The molecule has 0 spiro atoms. The minimum atomic E-state index is -1.22. The third-order valence-corrected chi connectivity index (χ3v) is 9.98. The molecule has 2 amide bonds. The van der Waals surface area contributed by atoms with Crippen molar-refractivity contribution in [3.8, 4) is 0 Å². The van der Waals surface area contributed by atoms with Crippen LogP contribution in [0.25, 0.3) is 10.9 Å². The lowest BCUT2D eigenvalue weighted by molar-refractivity contribution is -0.113. The van der Waals surface area contributed by atoms with E-state index in [9.17, 15) is 15.0 Å². The molecule has 11 heteroatoms. The fraction of sp³-hybridized carbons (Fsp3) is 0.516. The molecule has 3 aromatic rings. The van der Waals surface area contributed by atoms with Gasteiger partial charge in [0.15, 0.2) is 0 Å². The second kappa shape index (κ2) is 12.6. The number of amides is 2. The zero-order valence-electron chi connectivity index (χ0n) is 23.7. The average molecular weight is 617 g/mol. The number of aliphatic hydroxyl groups excluding tert-OH is 1. The first kappa shape index (κ1) is 29.5. The van der Waals surface area contributed by atoms with Crippen molar-refractivity contribution >= 4 is 51.5 Å². The van der Waals surface area contributed by atoms with Crippen molar-refractivity contribution in [2.75, 3.05) is 69.2 Å². The molecule has 2 aromatic carbocycles. The SMILES string of the molecule is O=C(Nc1ccc(Cl)c(Cl)c1)N1CCC(O)(C(O)CN2CCC(c3c[nH]c4ccc(N5CCOCC5)cc34)CC2)CC1. The summed E-state index contributed by atoms with van der Waals surface area (Å²) in [5.41, 5.74) is 3.12. The number of carbonyl (C=O) groups excluding carboxylic acids is 1. The number of aromatic amines is 1. The summed E-state index contributed by atoms with van der Waals surface area (Å²) < 4.78 is 5.52. The van der Waals surface area contributed by atoms with Crippen molar-refractivity contribution in [1.82, 2.24) is 14.8 Å². The van der Waals surface area contributed by atoms with Crippen LogP contribution in [0.3, 0.4) is 0 Å². The molecule has 3 saturated heterocycles. The molecule has 3 fully saturated rings. The van der Waals surface area contributed by atoms with E-state index in [1.54, 1.807) is 23.1 Å². The molecule has 0 radical (unpaired) electrons. The Hall–Kier alpha value is -2.53. The van der Waals surface area contributed by atoms with Crippen LogP contribution >= 0.6 is 23.2 Å². The van der Waals surface area contributed by atoms with Gasteiger partial charge in [-0.1, -0.05) is 23.2 Å². The zero-order valence-corrected chi connectivity index (χ0v) is 25.2. The number of carbonyl (C=O) groups is 1. The third kappa shape index (κ3) is 6.37. The van der Waals surface area contributed by atoms with Crippen LogP contribution in [0.2, 0.25) is 10.0 Å². The number of halogens is 2. The summed E-state index contributed by atoms with van der Waals surface area (Å²) in [5.74, 6) is 0.451. The van der Waals surface area contributed by atoms with Gasteiger partial charge in [0.05, 0.1) is 35.0 Å². The maximum absolute atomic E-state index is 12.7. The van der Waals surface area contributed by atoms with Crippen LogP contribution in [0.1, 0.15) is 37.2 Å². The summed E-state index contributed by atoms with van der Waals surface area (Å²) in [6.45, 7) is 6.25. The number of likely N-dealkylation sites (tertiary alicyclic amines) is 2. The van der Waals surface area contributed by atoms with Crippen LogP contribution in [0.4, 0.5) is 16.2 Å². The minimum Gasteiger partial charge on any atom is -0.389 e. The molecule has 4 N–H and O–H groups in total. The molecule has 226 valence electrons. The van der Waals surface area contributed by atoms with Crippen LogP contribution in [-0.2, 0) is 4.74 Å². The number of fused-ring (bicyclic) bond motifs is 1. The zero-order chi connectivity index (χ0) is 29.3. The van der Waals surface area contributed by atoms with Gasteiger partial charge in [-0.3, -0.25) is 0 Å².